The lowest BCUT2D eigenvalue weighted by Crippen LogP contribution is -2.35. The summed E-state index contributed by atoms with van der Waals surface area (Å²) in [5, 5.41) is 4.66. The summed E-state index contributed by atoms with van der Waals surface area (Å²) in [5.74, 6) is 1.90. The average molecular weight is 250 g/mol. The quantitative estimate of drug-likeness (QED) is 0.826. The van der Waals surface area contributed by atoms with Crippen LogP contribution >= 0.6 is 11.6 Å². The molecule has 2 fully saturated rings. The second kappa shape index (κ2) is 4.62. The Hall–Kier alpha value is -0.530. The van der Waals surface area contributed by atoms with E-state index in [1.165, 1.54) is 31.2 Å². The van der Waals surface area contributed by atoms with E-state index in [4.69, 9.17) is 11.6 Å². The van der Waals surface area contributed by atoms with Crippen molar-refractivity contribution in [2.45, 2.75) is 44.7 Å². The standard InChI is InChI=1S/C15H20ClN/c1-10(13-3-2-4-14(16)9-13)17-15(11-5-6-11)12-7-8-12/h2-4,9-12,15,17H,5-8H2,1H3. The molecule has 0 amide bonds. The molecule has 17 heavy (non-hydrogen) atoms. The maximum Gasteiger partial charge on any atom is 0.0409 e. The molecule has 2 saturated carbocycles. The second-order valence-electron chi connectivity index (χ2n) is 5.64. The highest BCUT2D eigenvalue weighted by atomic mass is 35.5. The molecule has 1 unspecified atom stereocenters. The van der Waals surface area contributed by atoms with Gasteiger partial charge in [-0.15, -0.1) is 0 Å². The van der Waals surface area contributed by atoms with Crippen molar-refractivity contribution in [3.05, 3.63) is 34.9 Å². The Labute approximate surface area is 109 Å². The summed E-state index contributed by atoms with van der Waals surface area (Å²) in [7, 11) is 0. The second-order valence-corrected chi connectivity index (χ2v) is 6.08. The minimum Gasteiger partial charge on any atom is -0.307 e. The molecule has 0 aromatic heterocycles. The van der Waals surface area contributed by atoms with Gasteiger partial charge in [-0.3, -0.25) is 0 Å². The Morgan fingerprint density at radius 3 is 2.35 bits per heavy atom. The minimum absolute atomic E-state index is 0.417. The molecule has 0 spiro atoms. The van der Waals surface area contributed by atoms with Gasteiger partial charge in [0.25, 0.3) is 0 Å². The van der Waals surface area contributed by atoms with Crippen LogP contribution in [0.4, 0.5) is 0 Å². The normalized spacial score (nSPS) is 21.8. The topological polar surface area (TPSA) is 12.0 Å². The van der Waals surface area contributed by atoms with E-state index in [1.54, 1.807) is 0 Å². The highest BCUT2D eigenvalue weighted by Gasteiger charge is 2.41. The van der Waals surface area contributed by atoms with Gasteiger partial charge >= 0.3 is 0 Å². The highest BCUT2D eigenvalue weighted by molar-refractivity contribution is 6.30. The van der Waals surface area contributed by atoms with Gasteiger partial charge in [-0.1, -0.05) is 23.7 Å². The smallest absolute Gasteiger partial charge is 0.0409 e. The van der Waals surface area contributed by atoms with Crippen LogP contribution in [-0.2, 0) is 0 Å². The predicted octanol–water partition coefficient (Wildman–Crippen LogP) is 4.18. The first-order chi connectivity index (χ1) is 8.24. The van der Waals surface area contributed by atoms with E-state index in [1.807, 2.05) is 12.1 Å². The molecule has 2 aliphatic carbocycles. The molecule has 1 N–H and O–H groups in total. The van der Waals surface area contributed by atoms with E-state index < -0.39 is 0 Å². The fraction of sp³-hybridized carbons (Fsp3) is 0.600. The average Bonchev–Trinajstić information content (AvgIpc) is 3.16. The minimum atomic E-state index is 0.417. The number of nitrogens with one attached hydrogen (secondary N) is 1. The number of halogens is 1. The largest absolute Gasteiger partial charge is 0.307 e. The van der Waals surface area contributed by atoms with Gasteiger partial charge in [0, 0.05) is 17.1 Å². The van der Waals surface area contributed by atoms with Crippen molar-refractivity contribution < 1.29 is 0 Å². The van der Waals surface area contributed by atoms with E-state index in [9.17, 15) is 0 Å². The Morgan fingerprint density at radius 1 is 1.18 bits per heavy atom. The van der Waals surface area contributed by atoms with Crippen LogP contribution in [0.5, 0.6) is 0 Å². The maximum absolute atomic E-state index is 6.05. The van der Waals surface area contributed by atoms with Crippen molar-refractivity contribution in [3.8, 4) is 0 Å². The zero-order valence-electron chi connectivity index (χ0n) is 10.3. The number of hydrogen-bond donors (Lipinski definition) is 1. The fourth-order valence-corrected chi connectivity index (χ4v) is 2.93. The van der Waals surface area contributed by atoms with Crippen molar-refractivity contribution >= 4 is 11.6 Å². The molecule has 0 radical (unpaired) electrons. The van der Waals surface area contributed by atoms with Gasteiger partial charge in [-0.25, -0.2) is 0 Å². The summed E-state index contributed by atoms with van der Waals surface area (Å²) in [4.78, 5) is 0. The lowest BCUT2D eigenvalue weighted by Gasteiger charge is -2.23. The van der Waals surface area contributed by atoms with Crippen molar-refractivity contribution in [2.75, 3.05) is 0 Å². The number of benzene rings is 1. The third kappa shape index (κ3) is 2.83. The van der Waals surface area contributed by atoms with Crippen LogP contribution in [0.15, 0.2) is 24.3 Å². The van der Waals surface area contributed by atoms with E-state index in [2.05, 4.69) is 24.4 Å². The van der Waals surface area contributed by atoms with Crippen LogP contribution in [0.1, 0.15) is 44.2 Å². The Morgan fingerprint density at radius 2 is 1.82 bits per heavy atom. The molecule has 1 aromatic carbocycles. The van der Waals surface area contributed by atoms with Crippen LogP contribution < -0.4 is 5.32 Å². The fourth-order valence-electron chi connectivity index (χ4n) is 2.73. The van der Waals surface area contributed by atoms with Crippen molar-refractivity contribution in [3.63, 3.8) is 0 Å². The van der Waals surface area contributed by atoms with Crippen molar-refractivity contribution in [1.29, 1.82) is 0 Å². The van der Waals surface area contributed by atoms with Gasteiger partial charge in [0.05, 0.1) is 0 Å². The molecule has 1 atom stereocenters. The molecule has 92 valence electrons. The van der Waals surface area contributed by atoms with E-state index in [0.29, 0.717) is 6.04 Å². The number of hydrogen-bond acceptors (Lipinski definition) is 1. The summed E-state index contributed by atoms with van der Waals surface area (Å²) >= 11 is 6.05. The third-order valence-corrected chi connectivity index (χ3v) is 4.29. The van der Waals surface area contributed by atoms with Gasteiger partial charge in [-0.2, -0.15) is 0 Å². The summed E-state index contributed by atoms with van der Waals surface area (Å²) in [5.41, 5.74) is 1.31. The predicted molar refractivity (Wildman–Crippen MR) is 72.2 cm³/mol. The van der Waals surface area contributed by atoms with Gasteiger partial charge in [-0.05, 0) is 62.1 Å². The lowest BCUT2D eigenvalue weighted by molar-refractivity contribution is 0.377. The monoisotopic (exact) mass is 249 g/mol. The molecule has 2 heteroatoms. The molecular weight excluding hydrogens is 230 g/mol. The molecule has 1 aromatic rings. The summed E-state index contributed by atoms with van der Waals surface area (Å²) in [6.45, 7) is 2.25. The Kier molecular flexibility index (Phi) is 3.14. The molecule has 0 saturated heterocycles. The summed E-state index contributed by atoms with van der Waals surface area (Å²) in [6.07, 6.45) is 5.71. The van der Waals surface area contributed by atoms with E-state index in [0.717, 1.165) is 22.9 Å². The summed E-state index contributed by atoms with van der Waals surface area (Å²) < 4.78 is 0. The first-order valence-corrected chi connectivity index (χ1v) is 7.13. The van der Waals surface area contributed by atoms with E-state index >= 15 is 0 Å². The molecule has 0 heterocycles. The van der Waals surface area contributed by atoms with Crippen LogP contribution in [-0.4, -0.2) is 6.04 Å². The Balaban J connectivity index is 1.66. The van der Waals surface area contributed by atoms with E-state index in [-0.39, 0.29) is 0 Å². The first kappa shape index (κ1) is 11.6. The lowest BCUT2D eigenvalue weighted by atomic mass is 10.0. The number of rotatable bonds is 5. The van der Waals surface area contributed by atoms with Gasteiger partial charge < -0.3 is 5.32 Å². The third-order valence-electron chi connectivity index (χ3n) is 4.05. The van der Waals surface area contributed by atoms with Crippen LogP contribution in [0.2, 0.25) is 5.02 Å². The highest BCUT2D eigenvalue weighted by Crippen LogP contribution is 2.45. The van der Waals surface area contributed by atoms with Crippen molar-refractivity contribution in [2.24, 2.45) is 11.8 Å². The molecular formula is C15H20ClN. The zero-order chi connectivity index (χ0) is 11.8. The maximum atomic E-state index is 6.05. The van der Waals surface area contributed by atoms with Crippen LogP contribution in [0, 0.1) is 11.8 Å². The van der Waals surface area contributed by atoms with Gasteiger partial charge in [0.2, 0.25) is 0 Å². The molecule has 3 rings (SSSR count). The first-order valence-electron chi connectivity index (χ1n) is 6.75. The summed E-state index contributed by atoms with van der Waals surface area (Å²) in [6, 6.07) is 9.40. The van der Waals surface area contributed by atoms with Crippen LogP contribution in [0.3, 0.4) is 0 Å². The molecule has 1 nitrogen and oxygen atoms in total. The SMILES string of the molecule is CC(NC(C1CC1)C1CC1)c1cccc(Cl)c1. The van der Waals surface area contributed by atoms with Gasteiger partial charge in [0.1, 0.15) is 0 Å². The van der Waals surface area contributed by atoms with Crippen LogP contribution in [0.25, 0.3) is 0 Å². The Bertz CT molecular complexity index is 384. The van der Waals surface area contributed by atoms with Crippen molar-refractivity contribution in [1.82, 2.24) is 5.32 Å². The molecule has 0 bridgehead atoms. The van der Waals surface area contributed by atoms with Gasteiger partial charge in [0.15, 0.2) is 0 Å². The zero-order valence-corrected chi connectivity index (χ0v) is 11.1. The molecule has 2 aliphatic rings. The molecule has 0 aliphatic heterocycles.